The van der Waals surface area contributed by atoms with Crippen LogP contribution in [0.5, 0.6) is 11.5 Å². The molecule has 1 amide bonds. The molecule has 3 aromatic rings. The summed E-state index contributed by atoms with van der Waals surface area (Å²) in [6, 6.07) is 16.6. The topological polar surface area (TPSA) is 93.7 Å². The summed E-state index contributed by atoms with van der Waals surface area (Å²) >= 11 is 6.15. The van der Waals surface area contributed by atoms with Gasteiger partial charge in [-0.1, -0.05) is 35.4 Å². The van der Waals surface area contributed by atoms with Gasteiger partial charge in [0.05, 0.1) is 24.4 Å². The SMILES string of the molecule is COc1cccc(OCCNC(=O)c2ccc(Cl)c(S(=O)(=O)Nc3ccc(C)cc3C)c2)c1. The number of carbonyl (C=O) groups is 1. The largest absolute Gasteiger partial charge is 0.497 e. The van der Waals surface area contributed by atoms with Gasteiger partial charge >= 0.3 is 0 Å². The van der Waals surface area contributed by atoms with E-state index >= 15 is 0 Å². The number of amides is 1. The Balaban J connectivity index is 1.66. The van der Waals surface area contributed by atoms with E-state index in [-0.39, 0.29) is 28.6 Å². The van der Waals surface area contributed by atoms with Gasteiger partial charge in [-0.25, -0.2) is 8.42 Å². The van der Waals surface area contributed by atoms with Crippen LogP contribution in [0.3, 0.4) is 0 Å². The van der Waals surface area contributed by atoms with Gasteiger partial charge in [-0.15, -0.1) is 0 Å². The number of methoxy groups -OCH3 is 1. The Bertz CT molecular complexity index is 1260. The summed E-state index contributed by atoms with van der Waals surface area (Å²) in [5, 5.41) is 2.73. The smallest absolute Gasteiger partial charge is 0.263 e. The number of nitrogens with one attached hydrogen (secondary N) is 2. The molecule has 9 heteroatoms. The van der Waals surface area contributed by atoms with E-state index in [2.05, 4.69) is 10.0 Å². The minimum atomic E-state index is -4.00. The number of hydrogen-bond donors (Lipinski definition) is 2. The monoisotopic (exact) mass is 488 g/mol. The van der Waals surface area contributed by atoms with Gasteiger partial charge in [0.1, 0.15) is 23.0 Å². The highest BCUT2D eigenvalue weighted by Crippen LogP contribution is 2.27. The molecular weight excluding hydrogens is 464 g/mol. The second-order valence-corrected chi connectivity index (χ2v) is 9.41. The lowest BCUT2D eigenvalue weighted by Gasteiger charge is -2.13. The number of ether oxygens (including phenoxy) is 2. The third kappa shape index (κ3) is 6.40. The van der Waals surface area contributed by atoms with Gasteiger partial charge in [-0.05, 0) is 55.8 Å². The molecule has 0 atom stereocenters. The summed E-state index contributed by atoms with van der Waals surface area (Å²) in [5.41, 5.74) is 2.41. The molecule has 174 valence electrons. The lowest BCUT2D eigenvalue weighted by molar-refractivity contribution is 0.0946. The fourth-order valence-electron chi connectivity index (χ4n) is 3.10. The Labute approximate surface area is 198 Å². The zero-order chi connectivity index (χ0) is 24.0. The third-order valence-corrected chi connectivity index (χ3v) is 6.65. The summed E-state index contributed by atoms with van der Waals surface area (Å²) in [6.07, 6.45) is 0. The first-order valence-corrected chi connectivity index (χ1v) is 12.0. The lowest BCUT2D eigenvalue weighted by Crippen LogP contribution is -2.28. The zero-order valence-corrected chi connectivity index (χ0v) is 20.1. The first-order chi connectivity index (χ1) is 15.7. The van der Waals surface area contributed by atoms with Crippen LogP contribution in [0.25, 0.3) is 0 Å². The minimum absolute atomic E-state index is 0.0187. The number of aryl methyl sites for hydroxylation is 2. The highest BCUT2D eigenvalue weighted by atomic mass is 35.5. The number of halogens is 1. The highest BCUT2D eigenvalue weighted by Gasteiger charge is 2.21. The molecule has 0 aliphatic heterocycles. The summed E-state index contributed by atoms with van der Waals surface area (Å²) < 4.78 is 39.2. The summed E-state index contributed by atoms with van der Waals surface area (Å²) in [4.78, 5) is 12.4. The molecule has 0 spiro atoms. The summed E-state index contributed by atoms with van der Waals surface area (Å²) in [5.74, 6) is 0.839. The number of sulfonamides is 1. The van der Waals surface area contributed by atoms with E-state index in [0.29, 0.717) is 17.2 Å². The molecule has 33 heavy (non-hydrogen) atoms. The maximum Gasteiger partial charge on any atom is 0.263 e. The second-order valence-electron chi connectivity index (χ2n) is 7.35. The molecular formula is C24H25ClN2O5S. The summed E-state index contributed by atoms with van der Waals surface area (Å²) in [6.45, 7) is 4.18. The standard InChI is InChI=1S/C24H25ClN2O5S/c1-16-7-10-22(17(2)13-16)27-33(29,30)23-14-18(8-9-21(23)25)24(28)26-11-12-32-20-6-4-5-19(15-20)31-3/h4-10,13-15,27H,11-12H2,1-3H3,(H,26,28). The number of anilines is 1. The first kappa shape index (κ1) is 24.4. The van der Waals surface area contributed by atoms with Gasteiger partial charge in [0.2, 0.25) is 0 Å². The van der Waals surface area contributed by atoms with Crippen LogP contribution >= 0.6 is 11.6 Å². The van der Waals surface area contributed by atoms with Crippen molar-refractivity contribution in [2.45, 2.75) is 18.7 Å². The number of rotatable bonds is 9. The van der Waals surface area contributed by atoms with Crippen LogP contribution in [-0.2, 0) is 10.0 Å². The number of carbonyl (C=O) groups excluding carboxylic acids is 1. The molecule has 3 aromatic carbocycles. The Morgan fingerprint density at radius 1 is 1.00 bits per heavy atom. The molecule has 0 saturated carbocycles. The Morgan fingerprint density at radius 3 is 2.48 bits per heavy atom. The molecule has 3 rings (SSSR count). The quantitative estimate of drug-likeness (QED) is 0.430. The van der Waals surface area contributed by atoms with Crippen molar-refractivity contribution in [2.75, 3.05) is 25.0 Å². The van der Waals surface area contributed by atoms with Crippen molar-refractivity contribution in [2.24, 2.45) is 0 Å². The van der Waals surface area contributed by atoms with Crippen molar-refractivity contribution in [3.05, 3.63) is 82.4 Å². The van der Waals surface area contributed by atoms with E-state index in [1.165, 1.54) is 18.2 Å². The van der Waals surface area contributed by atoms with Crippen LogP contribution in [0.4, 0.5) is 5.69 Å². The van der Waals surface area contributed by atoms with Crippen molar-refractivity contribution < 1.29 is 22.7 Å². The Hall–Kier alpha value is -3.23. The molecule has 0 aliphatic rings. The average molecular weight is 489 g/mol. The van der Waals surface area contributed by atoms with Gasteiger partial charge in [-0.3, -0.25) is 9.52 Å². The van der Waals surface area contributed by atoms with E-state index in [9.17, 15) is 13.2 Å². The predicted molar refractivity (Wildman–Crippen MR) is 129 cm³/mol. The van der Waals surface area contributed by atoms with Crippen molar-refractivity contribution in [1.82, 2.24) is 5.32 Å². The molecule has 0 aromatic heterocycles. The summed E-state index contributed by atoms with van der Waals surface area (Å²) in [7, 11) is -2.43. The van der Waals surface area contributed by atoms with E-state index in [1.54, 1.807) is 37.4 Å². The van der Waals surface area contributed by atoms with E-state index in [0.717, 1.165) is 11.1 Å². The van der Waals surface area contributed by atoms with E-state index in [4.69, 9.17) is 21.1 Å². The van der Waals surface area contributed by atoms with Crippen LogP contribution in [-0.4, -0.2) is 34.6 Å². The van der Waals surface area contributed by atoms with Crippen LogP contribution in [0, 0.1) is 13.8 Å². The van der Waals surface area contributed by atoms with Crippen LogP contribution in [0.15, 0.2) is 65.6 Å². The molecule has 0 saturated heterocycles. The van der Waals surface area contributed by atoms with Crippen molar-refractivity contribution in [1.29, 1.82) is 0 Å². The fourth-order valence-corrected chi connectivity index (χ4v) is 4.76. The Morgan fingerprint density at radius 2 is 1.76 bits per heavy atom. The maximum absolute atomic E-state index is 12.9. The van der Waals surface area contributed by atoms with Gasteiger partial charge in [0, 0.05) is 11.6 Å². The van der Waals surface area contributed by atoms with E-state index in [1.807, 2.05) is 26.0 Å². The molecule has 0 aliphatic carbocycles. The van der Waals surface area contributed by atoms with Crippen molar-refractivity contribution in [3.8, 4) is 11.5 Å². The zero-order valence-electron chi connectivity index (χ0n) is 18.5. The number of benzene rings is 3. The average Bonchev–Trinajstić information content (AvgIpc) is 2.78. The van der Waals surface area contributed by atoms with Crippen molar-refractivity contribution >= 4 is 33.2 Å². The highest BCUT2D eigenvalue weighted by molar-refractivity contribution is 7.92. The molecule has 0 fully saturated rings. The first-order valence-electron chi connectivity index (χ1n) is 10.1. The number of hydrogen-bond acceptors (Lipinski definition) is 5. The molecule has 0 heterocycles. The molecule has 7 nitrogen and oxygen atoms in total. The predicted octanol–water partition coefficient (Wildman–Crippen LogP) is 4.58. The van der Waals surface area contributed by atoms with Gasteiger partial charge in [-0.2, -0.15) is 0 Å². The molecule has 0 bridgehead atoms. The minimum Gasteiger partial charge on any atom is -0.497 e. The second kappa shape index (κ2) is 10.6. The lowest BCUT2D eigenvalue weighted by atomic mass is 10.1. The van der Waals surface area contributed by atoms with E-state index < -0.39 is 15.9 Å². The Kier molecular flexibility index (Phi) is 7.84. The molecule has 2 N–H and O–H groups in total. The normalized spacial score (nSPS) is 11.0. The van der Waals surface area contributed by atoms with Gasteiger partial charge in [0.25, 0.3) is 15.9 Å². The molecule has 0 unspecified atom stereocenters. The van der Waals surface area contributed by atoms with Crippen molar-refractivity contribution in [3.63, 3.8) is 0 Å². The van der Waals surface area contributed by atoms with Crippen LogP contribution < -0.4 is 19.5 Å². The van der Waals surface area contributed by atoms with Crippen LogP contribution in [0.2, 0.25) is 5.02 Å². The third-order valence-electron chi connectivity index (χ3n) is 4.81. The van der Waals surface area contributed by atoms with Crippen LogP contribution in [0.1, 0.15) is 21.5 Å². The maximum atomic E-state index is 12.9. The fraction of sp³-hybridized carbons (Fsp3) is 0.208. The van der Waals surface area contributed by atoms with Gasteiger partial charge < -0.3 is 14.8 Å². The van der Waals surface area contributed by atoms with Gasteiger partial charge in [0.15, 0.2) is 0 Å². The molecule has 0 radical (unpaired) electrons.